The van der Waals surface area contributed by atoms with Crippen LogP contribution in [0.25, 0.3) is 0 Å². The molecule has 0 radical (unpaired) electrons. The molecule has 0 aromatic heterocycles. The van der Waals surface area contributed by atoms with Crippen LogP contribution in [-0.2, 0) is 11.0 Å². The first-order chi connectivity index (χ1) is 9.79. The Kier molecular flexibility index (Phi) is 4.44. The third-order valence-electron chi connectivity index (χ3n) is 4.05. The minimum atomic E-state index is -4.32. The van der Waals surface area contributed by atoms with Gasteiger partial charge >= 0.3 is 6.18 Å². The minimum Gasteiger partial charge on any atom is -0.371 e. The molecule has 3 nitrogen and oxygen atoms in total. The average Bonchev–Trinajstić information content (AvgIpc) is 2.46. The molecular formula is C15H19F3N2O. The molecule has 1 saturated heterocycles. The molecule has 1 aromatic rings. The predicted octanol–water partition coefficient (Wildman–Crippen LogP) is 3.15. The molecule has 0 aliphatic carbocycles. The number of nitrogens with zero attached hydrogens (tertiary/aromatic N) is 2. The lowest BCUT2D eigenvalue weighted by Crippen LogP contribution is -2.45. The summed E-state index contributed by atoms with van der Waals surface area (Å²) in [5.41, 5.74) is -0.0308. The molecule has 0 atom stereocenters. The monoisotopic (exact) mass is 300 g/mol. The average molecular weight is 300 g/mol. The largest absolute Gasteiger partial charge is 0.416 e. The van der Waals surface area contributed by atoms with Gasteiger partial charge in [0.1, 0.15) is 0 Å². The van der Waals surface area contributed by atoms with Gasteiger partial charge in [-0.05, 0) is 31.0 Å². The van der Waals surface area contributed by atoms with Crippen molar-refractivity contribution in [1.29, 1.82) is 0 Å². The van der Waals surface area contributed by atoms with Crippen molar-refractivity contribution in [2.75, 3.05) is 25.0 Å². The number of halogens is 3. The fourth-order valence-corrected chi connectivity index (χ4v) is 2.65. The highest BCUT2D eigenvalue weighted by atomic mass is 19.4. The SMILES string of the molecule is CC(=O)N(C)C1CCN(c2cccc(C(F)(F)F)c2)CC1. The molecule has 1 amide bonds. The Labute approximate surface area is 122 Å². The summed E-state index contributed by atoms with van der Waals surface area (Å²) in [6.07, 6.45) is -2.78. The summed E-state index contributed by atoms with van der Waals surface area (Å²) >= 11 is 0. The number of amides is 1. The topological polar surface area (TPSA) is 23.6 Å². The first-order valence-electron chi connectivity index (χ1n) is 6.94. The van der Waals surface area contributed by atoms with E-state index in [2.05, 4.69) is 0 Å². The van der Waals surface area contributed by atoms with Crippen LogP contribution in [0.15, 0.2) is 24.3 Å². The first kappa shape index (κ1) is 15.7. The van der Waals surface area contributed by atoms with Crippen LogP contribution >= 0.6 is 0 Å². The Balaban J connectivity index is 2.04. The highest BCUT2D eigenvalue weighted by Gasteiger charge is 2.31. The van der Waals surface area contributed by atoms with Gasteiger partial charge in [-0.25, -0.2) is 0 Å². The summed E-state index contributed by atoms with van der Waals surface area (Å²) in [7, 11) is 1.77. The van der Waals surface area contributed by atoms with Gasteiger partial charge in [0.15, 0.2) is 0 Å². The quantitative estimate of drug-likeness (QED) is 0.837. The molecule has 1 aliphatic rings. The van der Waals surface area contributed by atoms with Crippen LogP contribution in [0.5, 0.6) is 0 Å². The maximum absolute atomic E-state index is 12.7. The molecule has 1 aromatic carbocycles. The summed E-state index contributed by atoms with van der Waals surface area (Å²) in [5, 5.41) is 0. The molecule has 0 spiro atoms. The summed E-state index contributed by atoms with van der Waals surface area (Å²) in [4.78, 5) is 15.0. The molecule has 0 bridgehead atoms. The Morgan fingerprint density at radius 2 is 1.90 bits per heavy atom. The van der Waals surface area contributed by atoms with E-state index in [1.165, 1.54) is 19.1 Å². The van der Waals surface area contributed by atoms with E-state index in [0.717, 1.165) is 18.9 Å². The van der Waals surface area contributed by atoms with Crippen LogP contribution in [-0.4, -0.2) is 37.0 Å². The predicted molar refractivity (Wildman–Crippen MR) is 75.1 cm³/mol. The summed E-state index contributed by atoms with van der Waals surface area (Å²) in [5.74, 6) is 0.0209. The van der Waals surface area contributed by atoms with Gasteiger partial charge in [0, 0.05) is 38.8 Å². The standard InChI is InChI=1S/C15H19F3N2O/c1-11(21)19(2)13-6-8-20(9-7-13)14-5-3-4-12(10-14)15(16,17)18/h3-5,10,13H,6-9H2,1-2H3. The molecule has 0 unspecified atom stereocenters. The number of hydrogen-bond acceptors (Lipinski definition) is 2. The number of hydrogen-bond donors (Lipinski definition) is 0. The lowest BCUT2D eigenvalue weighted by atomic mass is 10.0. The second kappa shape index (κ2) is 5.95. The molecule has 0 saturated carbocycles. The van der Waals surface area contributed by atoms with E-state index in [0.29, 0.717) is 18.8 Å². The van der Waals surface area contributed by atoms with Gasteiger partial charge in [-0.3, -0.25) is 4.79 Å². The maximum atomic E-state index is 12.7. The molecule has 1 aliphatic heterocycles. The Hall–Kier alpha value is -1.72. The lowest BCUT2D eigenvalue weighted by molar-refractivity contribution is -0.137. The van der Waals surface area contributed by atoms with E-state index in [4.69, 9.17) is 0 Å². The molecule has 6 heteroatoms. The van der Waals surface area contributed by atoms with E-state index in [-0.39, 0.29) is 11.9 Å². The molecule has 1 fully saturated rings. The van der Waals surface area contributed by atoms with E-state index < -0.39 is 11.7 Å². The minimum absolute atomic E-state index is 0.0209. The molecule has 1 heterocycles. The van der Waals surface area contributed by atoms with Crippen molar-refractivity contribution in [2.24, 2.45) is 0 Å². The highest BCUT2D eigenvalue weighted by Crippen LogP contribution is 2.32. The molecule has 21 heavy (non-hydrogen) atoms. The van der Waals surface area contributed by atoms with Gasteiger partial charge in [0.25, 0.3) is 0 Å². The van der Waals surface area contributed by atoms with Crippen molar-refractivity contribution in [3.8, 4) is 0 Å². The second-order valence-corrected chi connectivity index (χ2v) is 5.40. The van der Waals surface area contributed by atoms with E-state index in [1.54, 1.807) is 18.0 Å². The van der Waals surface area contributed by atoms with Gasteiger partial charge in [-0.2, -0.15) is 13.2 Å². The van der Waals surface area contributed by atoms with Gasteiger partial charge in [0.05, 0.1) is 5.56 Å². The zero-order valence-electron chi connectivity index (χ0n) is 12.2. The van der Waals surface area contributed by atoms with Crippen LogP contribution in [0.2, 0.25) is 0 Å². The Morgan fingerprint density at radius 1 is 1.29 bits per heavy atom. The third-order valence-corrected chi connectivity index (χ3v) is 4.05. The summed E-state index contributed by atoms with van der Waals surface area (Å²) < 4.78 is 38.2. The number of piperidine rings is 1. The zero-order valence-corrected chi connectivity index (χ0v) is 12.2. The number of anilines is 1. The van der Waals surface area contributed by atoms with Crippen molar-refractivity contribution in [2.45, 2.75) is 32.0 Å². The number of alkyl halides is 3. The number of carbonyl (C=O) groups is 1. The number of rotatable bonds is 2. The normalized spacial score (nSPS) is 16.9. The van der Waals surface area contributed by atoms with Crippen LogP contribution in [0.1, 0.15) is 25.3 Å². The van der Waals surface area contributed by atoms with Crippen molar-refractivity contribution < 1.29 is 18.0 Å². The fraction of sp³-hybridized carbons (Fsp3) is 0.533. The molecule has 116 valence electrons. The Morgan fingerprint density at radius 3 is 2.43 bits per heavy atom. The number of carbonyl (C=O) groups excluding carboxylic acids is 1. The van der Waals surface area contributed by atoms with Crippen LogP contribution in [0.4, 0.5) is 18.9 Å². The van der Waals surface area contributed by atoms with Crippen LogP contribution in [0.3, 0.4) is 0 Å². The van der Waals surface area contributed by atoms with Gasteiger partial charge in [0.2, 0.25) is 5.91 Å². The maximum Gasteiger partial charge on any atom is 0.416 e. The van der Waals surface area contributed by atoms with Crippen LogP contribution in [0, 0.1) is 0 Å². The summed E-state index contributed by atoms with van der Waals surface area (Å²) in [6, 6.07) is 5.58. The van der Waals surface area contributed by atoms with E-state index >= 15 is 0 Å². The van der Waals surface area contributed by atoms with Crippen molar-refractivity contribution >= 4 is 11.6 Å². The fourth-order valence-electron chi connectivity index (χ4n) is 2.65. The molecule has 0 N–H and O–H groups in total. The molecule has 2 rings (SSSR count). The van der Waals surface area contributed by atoms with Crippen molar-refractivity contribution in [3.63, 3.8) is 0 Å². The highest BCUT2D eigenvalue weighted by molar-refractivity contribution is 5.73. The number of benzene rings is 1. The first-order valence-corrected chi connectivity index (χ1v) is 6.94. The van der Waals surface area contributed by atoms with Crippen molar-refractivity contribution in [3.05, 3.63) is 29.8 Å². The van der Waals surface area contributed by atoms with E-state index in [9.17, 15) is 18.0 Å². The Bertz CT molecular complexity index is 508. The second-order valence-electron chi connectivity index (χ2n) is 5.40. The van der Waals surface area contributed by atoms with Gasteiger partial charge in [-0.15, -0.1) is 0 Å². The summed E-state index contributed by atoms with van der Waals surface area (Å²) in [6.45, 7) is 2.84. The molecular weight excluding hydrogens is 281 g/mol. The van der Waals surface area contributed by atoms with Gasteiger partial charge < -0.3 is 9.80 Å². The smallest absolute Gasteiger partial charge is 0.371 e. The third kappa shape index (κ3) is 3.68. The lowest BCUT2D eigenvalue weighted by Gasteiger charge is -2.37. The van der Waals surface area contributed by atoms with Crippen LogP contribution < -0.4 is 4.90 Å². The van der Waals surface area contributed by atoms with Gasteiger partial charge in [-0.1, -0.05) is 6.07 Å². The zero-order chi connectivity index (χ0) is 15.6. The van der Waals surface area contributed by atoms with Crippen molar-refractivity contribution in [1.82, 2.24) is 4.90 Å². The van der Waals surface area contributed by atoms with E-state index in [1.807, 2.05) is 4.90 Å².